The first-order valence-electron chi connectivity index (χ1n) is 9.37. The summed E-state index contributed by atoms with van der Waals surface area (Å²) in [6.45, 7) is 6.71. The molecule has 27 heavy (non-hydrogen) atoms. The average molecular weight is 364 g/mol. The van der Waals surface area contributed by atoms with Crippen molar-refractivity contribution < 1.29 is 14.3 Å². The lowest BCUT2D eigenvalue weighted by molar-refractivity contribution is 0.0951. The molecule has 0 bridgehead atoms. The first kappa shape index (κ1) is 17.5. The van der Waals surface area contributed by atoms with Gasteiger partial charge in [-0.25, -0.2) is 0 Å². The van der Waals surface area contributed by atoms with Crippen LogP contribution in [-0.2, 0) is 13.1 Å². The van der Waals surface area contributed by atoms with Crippen molar-refractivity contribution in [3.8, 4) is 11.5 Å². The molecular weight excluding hydrogens is 340 g/mol. The molecule has 4 rings (SSSR count). The monoisotopic (exact) mass is 364 g/mol. The van der Waals surface area contributed by atoms with E-state index in [1.165, 1.54) is 0 Å². The van der Waals surface area contributed by atoms with Gasteiger partial charge in [0.2, 0.25) is 0 Å². The Morgan fingerprint density at radius 1 is 1.11 bits per heavy atom. The second kappa shape index (κ2) is 7.35. The van der Waals surface area contributed by atoms with Gasteiger partial charge in [0.25, 0.3) is 5.91 Å². The van der Waals surface area contributed by atoms with E-state index >= 15 is 0 Å². The van der Waals surface area contributed by atoms with Crippen molar-refractivity contribution in [2.75, 3.05) is 13.2 Å². The molecule has 0 radical (unpaired) electrons. The topological polar surface area (TPSA) is 52.5 Å². The predicted molar refractivity (Wildman–Crippen MR) is 105 cm³/mol. The predicted octanol–water partition coefficient (Wildman–Crippen LogP) is 4.00. The number of aromatic nitrogens is 1. The molecule has 0 atom stereocenters. The number of ether oxygens (including phenoxy) is 2. The molecule has 0 saturated carbocycles. The maximum Gasteiger partial charge on any atom is 0.253 e. The minimum atomic E-state index is -0.0805. The molecule has 1 aromatic heterocycles. The van der Waals surface area contributed by atoms with Crippen molar-refractivity contribution in [3.05, 3.63) is 59.8 Å². The van der Waals surface area contributed by atoms with Crippen LogP contribution in [0.4, 0.5) is 0 Å². The highest BCUT2D eigenvalue weighted by atomic mass is 16.6. The zero-order valence-corrected chi connectivity index (χ0v) is 15.7. The van der Waals surface area contributed by atoms with E-state index in [2.05, 4.69) is 29.8 Å². The molecule has 0 fully saturated rings. The standard InChI is InChI=1S/C22H24N2O3/c1-15(2)13-24-14-18(17-7-3-4-8-19(17)24)22(25)23-12-16-6-5-9-20-21(16)27-11-10-26-20/h3-9,14-15H,10-13H2,1-2H3,(H,23,25). The molecule has 0 aliphatic carbocycles. The van der Waals surface area contributed by atoms with Crippen LogP contribution in [0.2, 0.25) is 0 Å². The van der Waals surface area contributed by atoms with Crippen LogP contribution in [0.25, 0.3) is 10.9 Å². The first-order valence-corrected chi connectivity index (χ1v) is 9.37. The quantitative estimate of drug-likeness (QED) is 0.744. The van der Waals surface area contributed by atoms with Gasteiger partial charge in [-0.1, -0.05) is 44.2 Å². The van der Waals surface area contributed by atoms with Gasteiger partial charge < -0.3 is 19.4 Å². The summed E-state index contributed by atoms with van der Waals surface area (Å²) < 4.78 is 13.5. The summed E-state index contributed by atoms with van der Waals surface area (Å²) in [5.74, 6) is 1.89. The number of hydrogen-bond donors (Lipinski definition) is 1. The Bertz CT molecular complexity index is 975. The molecule has 5 heteroatoms. The molecule has 140 valence electrons. The fraction of sp³-hybridized carbons (Fsp3) is 0.318. The van der Waals surface area contributed by atoms with Gasteiger partial charge in [-0.05, 0) is 18.1 Å². The van der Waals surface area contributed by atoms with Crippen LogP contribution >= 0.6 is 0 Å². The SMILES string of the molecule is CC(C)Cn1cc(C(=O)NCc2cccc3c2OCCO3)c2ccccc21. The van der Waals surface area contributed by atoms with Crippen LogP contribution < -0.4 is 14.8 Å². The van der Waals surface area contributed by atoms with Gasteiger partial charge in [0.1, 0.15) is 13.2 Å². The summed E-state index contributed by atoms with van der Waals surface area (Å²) in [7, 11) is 0. The van der Waals surface area contributed by atoms with Gasteiger partial charge in [0, 0.05) is 35.8 Å². The molecule has 1 N–H and O–H groups in total. The highest BCUT2D eigenvalue weighted by Crippen LogP contribution is 2.33. The van der Waals surface area contributed by atoms with E-state index in [0.717, 1.165) is 34.5 Å². The molecule has 3 aromatic rings. The molecule has 5 nitrogen and oxygen atoms in total. The molecular formula is C22H24N2O3. The van der Waals surface area contributed by atoms with E-state index in [1.807, 2.05) is 42.6 Å². The number of benzene rings is 2. The van der Waals surface area contributed by atoms with Crippen molar-refractivity contribution in [3.63, 3.8) is 0 Å². The zero-order valence-electron chi connectivity index (χ0n) is 15.7. The van der Waals surface area contributed by atoms with E-state index in [0.29, 0.717) is 31.2 Å². The Labute approximate surface area is 158 Å². The lowest BCUT2D eigenvalue weighted by Gasteiger charge is -2.21. The fourth-order valence-corrected chi connectivity index (χ4v) is 3.52. The van der Waals surface area contributed by atoms with Crippen LogP contribution in [0.1, 0.15) is 29.8 Å². The third-order valence-electron chi connectivity index (χ3n) is 4.68. The lowest BCUT2D eigenvalue weighted by atomic mass is 10.1. The number of para-hydroxylation sites is 2. The number of nitrogens with one attached hydrogen (secondary N) is 1. The molecule has 1 amide bonds. The second-order valence-electron chi connectivity index (χ2n) is 7.23. The van der Waals surface area contributed by atoms with Crippen molar-refractivity contribution in [1.82, 2.24) is 9.88 Å². The second-order valence-corrected chi connectivity index (χ2v) is 7.23. The van der Waals surface area contributed by atoms with E-state index < -0.39 is 0 Å². The van der Waals surface area contributed by atoms with Crippen LogP contribution in [0, 0.1) is 5.92 Å². The Hall–Kier alpha value is -2.95. The summed E-state index contributed by atoms with van der Waals surface area (Å²) >= 11 is 0. The Morgan fingerprint density at radius 3 is 2.78 bits per heavy atom. The maximum absolute atomic E-state index is 12.9. The first-order chi connectivity index (χ1) is 13.1. The largest absolute Gasteiger partial charge is 0.486 e. The molecule has 0 saturated heterocycles. The van der Waals surface area contributed by atoms with Gasteiger partial charge in [0.05, 0.1) is 5.56 Å². The molecule has 0 unspecified atom stereocenters. The molecule has 1 aliphatic heterocycles. The van der Waals surface area contributed by atoms with E-state index in [4.69, 9.17) is 9.47 Å². The smallest absolute Gasteiger partial charge is 0.253 e. The normalized spacial score (nSPS) is 13.1. The third-order valence-corrected chi connectivity index (χ3v) is 4.68. The number of carbonyl (C=O) groups excluding carboxylic acids is 1. The molecule has 0 spiro atoms. The number of fused-ring (bicyclic) bond motifs is 2. The number of hydrogen-bond acceptors (Lipinski definition) is 3. The van der Waals surface area contributed by atoms with Gasteiger partial charge in [-0.2, -0.15) is 0 Å². The van der Waals surface area contributed by atoms with Crippen LogP contribution in [-0.4, -0.2) is 23.7 Å². The van der Waals surface area contributed by atoms with Gasteiger partial charge in [0.15, 0.2) is 11.5 Å². The highest BCUT2D eigenvalue weighted by molar-refractivity contribution is 6.07. The highest BCUT2D eigenvalue weighted by Gasteiger charge is 2.18. The van der Waals surface area contributed by atoms with Crippen molar-refractivity contribution in [1.29, 1.82) is 0 Å². The lowest BCUT2D eigenvalue weighted by Crippen LogP contribution is -2.24. The van der Waals surface area contributed by atoms with E-state index in [1.54, 1.807) is 0 Å². The summed E-state index contributed by atoms with van der Waals surface area (Å²) in [5.41, 5.74) is 2.71. The Kier molecular flexibility index (Phi) is 4.75. The van der Waals surface area contributed by atoms with Crippen molar-refractivity contribution in [2.24, 2.45) is 5.92 Å². The van der Waals surface area contributed by atoms with Crippen LogP contribution in [0.3, 0.4) is 0 Å². The van der Waals surface area contributed by atoms with Gasteiger partial charge >= 0.3 is 0 Å². The molecule has 1 aliphatic rings. The van der Waals surface area contributed by atoms with Crippen molar-refractivity contribution >= 4 is 16.8 Å². The van der Waals surface area contributed by atoms with Gasteiger partial charge in [-0.3, -0.25) is 4.79 Å². The third kappa shape index (κ3) is 3.50. The van der Waals surface area contributed by atoms with E-state index in [9.17, 15) is 4.79 Å². The van der Waals surface area contributed by atoms with Crippen LogP contribution in [0.15, 0.2) is 48.7 Å². The summed E-state index contributed by atoms with van der Waals surface area (Å²) in [6.07, 6.45) is 1.96. The number of amides is 1. The van der Waals surface area contributed by atoms with Crippen molar-refractivity contribution in [2.45, 2.75) is 26.9 Å². The van der Waals surface area contributed by atoms with Gasteiger partial charge in [-0.15, -0.1) is 0 Å². The molecule has 2 heterocycles. The maximum atomic E-state index is 12.9. The number of rotatable bonds is 5. The minimum absolute atomic E-state index is 0.0805. The summed E-state index contributed by atoms with van der Waals surface area (Å²) in [4.78, 5) is 12.9. The summed E-state index contributed by atoms with van der Waals surface area (Å²) in [5, 5.41) is 4.01. The minimum Gasteiger partial charge on any atom is -0.486 e. The number of nitrogens with zero attached hydrogens (tertiary/aromatic N) is 1. The Morgan fingerprint density at radius 2 is 1.93 bits per heavy atom. The summed E-state index contributed by atoms with van der Waals surface area (Å²) in [6, 6.07) is 13.8. The number of carbonyl (C=O) groups is 1. The average Bonchev–Trinajstić information content (AvgIpc) is 3.04. The zero-order chi connectivity index (χ0) is 18.8. The van der Waals surface area contributed by atoms with E-state index in [-0.39, 0.29) is 5.91 Å². The fourth-order valence-electron chi connectivity index (χ4n) is 3.52. The van der Waals surface area contributed by atoms with Crippen LogP contribution in [0.5, 0.6) is 11.5 Å². The molecule has 2 aromatic carbocycles. The Balaban J connectivity index is 1.57.